The van der Waals surface area contributed by atoms with Gasteiger partial charge in [-0.25, -0.2) is 4.79 Å². The van der Waals surface area contributed by atoms with Crippen LogP contribution in [0.5, 0.6) is 0 Å². The maximum atomic E-state index is 12.4. The Labute approximate surface area is 180 Å². The van der Waals surface area contributed by atoms with Gasteiger partial charge in [0.05, 0.1) is 0 Å². The Morgan fingerprint density at radius 3 is 2.20 bits per heavy atom. The highest BCUT2D eigenvalue weighted by Crippen LogP contribution is 2.26. The van der Waals surface area contributed by atoms with E-state index < -0.39 is 17.1 Å². The topological polar surface area (TPSA) is 85.1 Å². The molecule has 1 saturated heterocycles. The minimum atomic E-state index is -0.690. The molecule has 0 aromatic heterocycles. The number of nitrogens with zero attached hydrogens (tertiary/aromatic N) is 2. The first-order valence-corrected chi connectivity index (χ1v) is 10.6. The van der Waals surface area contributed by atoms with E-state index in [1.165, 1.54) is 0 Å². The van der Waals surface area contributed by atoms with Crippen LogP contribution in [0.4, 0.5) is 4.79 Å². The van der Waals surface area contributed by atoms with Gasteiger partial charge < -0.3 is 20.1 Å². The molecule has 0 aliphatic carbocycles. The van der Waals surface area contributed by atoms with Crippen molar-refractivity contribution in [1.29, 1.82) is 0 Å². The molecule has 1 aliphatic rings. The first-order chi connectivity index (χ1) is 14.0. The summed E-state index contributed by atoms with van der Waals surface area (Å²) in [5.41, 5.74) is 6.30. The second-order valence-corrected chi connectivity index (χ2v) is 9.62. The Hall–Kier alpha value is -2.12. The average molecular weight is 420 g/mol. The predicted molar refractivity (Wildman–Crippen MR) is 117 cm³/mol. The van der Waals surface area contributed by atoms with Crippen molar-refractivity contribution in [2.24, 2.45) is 11.1 Å². The quantitative estimate of drug-likeness (QED) is 0.684. The Bertz CT molecular complexity index is 692. The van der Waals surface area contributed by atoms with Crippen molar-refractivity contribution in [3.05, 3.63) is 35.9 Å². The van der Waals surface area contributed by atoms with Gasteiger partial charge in [-0.05, 0) is 44.7 Å². The molecule has 1 unspecified atom stereocenters. The number of benzene rings is 1. The van der Waals surface area contributed by atoms with Gasteiger partial charge in [-0.3, -0.25) is 9.69 Å². The molecule has 7 heteroatoms. The zero-order chi connectivity index (χ0) is 22.4. The fraction of sp³-hybridized carbons (Fsp3) is 0.652. The summed E-state index contributed by atoms with van der Waals surface area (Å²) in [5, 5.41) is 0. The minimum absolute atomic E-state index is 0.232. The standard InChI is InChI=1S/C23H37N3O4/c1-22(2,3)30-21(28)26-15-13-25(14-16-26)12-11-23(4,5)19(24)20(27)29-17-18-9-7-6-8-10-18/h6-10,19H,11-17,24H2,1-5H3. The second kappa shape index (κ2) is 10.3. The van der Waals surface area contributed by atoms with E-state index in [4.69, 9.17) is 15.2 Å². The van der Waals surface area contributed by atoms with E-state index in [9.17, 15) is 9.59 Å². The van der Waals surface area contributed by atoms with Crippen molar-refractivity contribution in [3.8, 4) is 0 Å². The molecule has 30 heavy (non-hydrogen) atoms. The number of nitrogens with two attached hydrogens (primary N) is 1. The summed E-state index contributed by atoms with van der Waals surface area (Å²) in [7, 11) is 0. The molecule has 2 rings (SSSR count). The monoisotopic (exact) mass is 419 g/mol. The molecular formula is C23H37N3O4. The zero-order valence-corrected chi connectivity index (χ0v) is 19.0. The lowest BCUT2D eigenvalue weighted by Gasteiger charge is -2.37. The first-order valence-electron chi connectivity index (χ1n) is 10.6. The van der Waals surface area contributed by atoms with Gasteiger partial charge in [0.1, 0.15) is 18.2 Å². The summed E-state index contributed by atoms with van der Waals surface area (Å²) >= 11 is 0. The van der Waals surface area contributed by atoms with E-state index in [2.05, 4.69) is 4.90 Å². The summed E-state index contributed by atoms with van der Waals surface area (Å²) < 4.78 is 10.9. The van der Waals surface area contributed by atoms with E-state index in [0.29, 0.717) is 13.1 Å². The molecule has 1 fully saturated rings. The smallest absolute Gasteiger partial charge is 0.410 e. The Balaban J connectivity index is 1.75. The third kappa shape index (κ3) is 7.61. The molecule has 1 amide bonds. The van der Waals surface area contributed by atoms with Crippen molar-refractivity contribution in [2.45, 2.75) is 59.3 Å². The van der Waals surface area contributed by atoms with Crippen LogP contribution in [0, 0.1) is 5.41 Å². The fourth-order valence-electron chi connectivity index (χ4n) is 3.22. The lowest BCUT2D eigenvalue weighted by Crippen LogP contribution is -2.51. The van der Waals surface area contributed by atoms with Crippen LogP contribution in [0.2, 0.25) is 0 Å². The number of hydrogen-bond acceptors (Lipinski definition) is 6. The van der Waals surface area contributed by atoms with Crippen LogP contribution >= 0.6 is 0 Å². The molecule has 1 atom stereocenters. The molecule has 0 radical (unpaired) electrons. The maximum absolute atomic E-state index is 12.4. The van der Waals surface area contributed by atoms with Gasteiger partial charge in [-0.2, -0.15) is 0 Å². The highest BCUT2D eigenvalue weighted by atomic mass is 16.6. The van der Waals surface area contributed by atoms with Crippen molar-refractivity contribution in [3.63, 3.8) is 0 Å². The molecule has 2 N–H and O–H groups in total. The van der Waals surface area contributed by atoms with Gasteiger partial charge in [0.2, 0.25) is 0 Å². The van der Waals surface area contributed by atoms with E-state index in [1.54, 1.807) is 4.90 Å². The Kier molecular flexibility index (Phi) is 8.26. The van der Waals surface area contributed by atoms with E-state index in [-0.39, 0.29) is 18.7 Å². The van der Waals surface area contributed by atoms with Crippen molar-refractivity contribution in [2.75, 3.05) is 32.7 Å². The van der Waals surface area contributed by atoms with E-state index in [1.807, 2.05) is 65.0 Å². The Morgan fingerprint density at radius 1 is 1.03 bits per heavy atom. The summed E-state index contributed by atoms with van der Waals surface area (Å²) in [4.78, 5) is 28.7. The minimum Gasteiger partial charge on any atom is -0.460 e. The van der Waals surface area contributed by atoms with Crippen LogP contribution in [-0.4, -0.2) is 66.2 Å². The van der Waals surface area contributed by atoms with Gasteiger partial charge in [0.25, 0.3) is 0 Å². The van der Waals surface area contributed by atoms with Crippen LogP contribution in [0.1, 0.15) is 46.6 Å². The maximum Gasteiger partial charge on any atom is 0.410 e. The molecule has 168 valence electrons. The number of carbonyl (C=O) groups is 2. The molecule has 0 bridgehead atoms. The third-order valence-electron chi connectivity index (χ3n) is 5.42. The van der Waals surface area contributed by atoms with E-state index in [0.717, 1.165) is 31.6 Å². The van der Waals surface area contributed by atoms with E-state index >= 15 is 0 Å². The number of piperazine rings is 1. The largest absolute Gasteiger partial charge is 0.460 e. The summed E-state index contributed by atoms with van der Waals surface area (Å²) in [6, 6.07) is 8.89. The predicted octanol–water partition coefficient (Wildman–Crippen LogP) is 3.03. The first kappa shape index (κ1) is 24.2. The fourth-order valence-corrected chi connectivity index (χ4v) is 3.22. The summed E-state index contributed by atoms with van der Waals surface area (Å²) in [6.45, 7) is 13.5. The number of rotatable bonds is 7. The normalized spacial score (nSPS) is 16.8. The Morgan fingerprint density at radius 2 is 1.63 bits per heavy atom. The zero-order valence-electron chi connectivity index (χ0n) is 19.0. The number of amides is 1. The molecule has 7 nitrogen and oxygen atoms in total. The molecule has 1 aromatic carbocycles. The highest BCUT2D eigenvalue weighted by molar-refractivity contribution is 5.76. The number of ether oxygens (including phenoxy) is 2. The lowest BCUT2D eigenvalue weighted by molar-refractivity contribution is -0.149. The van der Waals surface area contributed by atoms with Gasteiger partial charge in [0, 0.05) is 26.2 Å². The van der Waals surface area contributed by atoms with Crippen molar-refractivity contribution < 1.29 is 19.1 Å². The molecule has 0 spiro atoms. The SMILES string of the molecule is CC(C)(C)OC(=O)N1CCN(CCC(C)(C)C(N)C(=O)OCc2ccccc2)CC1. The number of carbonyl (C=O) groups excluding carboxylic acids is 2. The average Bonchev–Trinajstić information content (AvgIpc) is 2.70. The number of esters is 1. The van der Waals surface area contributed by atoms with Gasteiger partial charge in [-0.1, -0.05) is 44.2 Å². The van der Waals surface area contributed by atoms with Gasteiger partial charge >= 0.3 is 12.1 Å². The second-order valence-electron chi connectivity index (χ2n) is 9.62. The molecule has 0 saturated carbocycles. The van der Waals surface area contributed by atoms with Crippen molar-refractivity contribution >= 4 is 12.1 Å². The van der Waals surface area contributed by atoms with Gasteiger partial charge in [-0.15, -0.1) is 0 Å². The molecule has 1 aliphatic heterocycles. The molecule has 1 aromatic rings. The molecular weight excluding hydrogens is 382 g/mol. The summed E-state index contributed by atoms with van der Waals surface area (Å²) in [6.07, 6.45) is 0.506. The van der Waals surface area contributed by atoms with Crippen molar-refractivity contribution in [1.82, 2.24) is 9.80 Å². The summed E-state index contributed by atoms with van der Waals surface area (Å²) in [5.74, 6) is -0.376. The van der Waals surface area contributed by atoms with Gasteiger partial charge in [0.15, 0.2) is 0 Å². The van der Waals surface area contributed by atoms with Crippen LogP contribution in [-0.2, 0) is 20.9 Å². The van der Waals surface area contributed by atoms with Crippen LogP contribution in [0.3, 0.4) is 0 Å². The third-order valence-corrected chi connectivity index (χ3v) is 5.42. The molecule has 1 heterocycles. The van der Waals surface area contributed by atoms with Crippen LogP contribution in [0.15, 0.2) is 30.3 Å². The van der Waals surface area contributed by atoms with Crippen LogP contribution in [0.25, 0.3) is 0 Å². The van der Waals surface area contributed by atoms with Crippen LogP contribution < -0.4 is 5.73 Å². The highest BCUT2D eigenvalue weighted by Gasteiger charge is 2.34. The lowest BCUT2D eigenvalue weighted by atomic mass is 9.81. The number of hydrogen-bond donors (Lipinski definition) is 1.